The standard InChI is InChI=1S/C34H38FN3O6/c1-22-5-10-27(11-6-22)38-31(39)16-14-28(32(38)24-7-15-29(42-3)30(21-24)43-4)34(41)44-23(2)33(40)37-19-17-36(18-20-37)26-12-8-25(35)9-13-26/h5-13,15,21,23,28,32H,14,16-20H2,1-4H3. The van der Waals surface area contributed by atoms with Gasteiger partial charge in [0.1, 0.15) is 5.82 Å². The molecule has 0 bridgehead atoms. The number of aryl methyl sites for hydroxylation is 1. The maximum atomic E-state index is 13.8. The van der Waals surface area contributed by atoms with E-state index in [1.165, 1.54) is 19.2 Å². The molecule has 2 aliphatic heterocycles. The van der Waals surface area contributed by atoms with Crippen LogP contribution in [0.2, 0.25) is 0 Å². The molecule has 0 saturated carbocycles. The Kier molecular flexibility index (Phi) is 9.37. The van der Waals surface area contributed by atoms with E-state index in [0.29, 0.717) is 48.9 Å². The average molecular weight is 604 g/mol. The van der Waals surface area contributed by atoms with Crippen LogP contribution in [0.15, 0.2) is 66.7 Å². The Morgan fingerprint density at radius 2 is 1.50 bits per heavy atom. The maximum Gasteiger partial charge on any atom is 0.312 e. The molecule has 3 aromatic carbocycles. The molecule has 2 aliphatic rings. The Hall–Kier alpha value is -4.60. The fourth-order valence-electron chi connectivity index (χ4n) is 5.97. The summed E-state index contributed by atoms with van der Waals surface area (Å²) < 4.78 is 30.1. The topological polar surface area (TPSA) is 88.6 Å². The molecule has 3 aromatic rings. The van der Waals surface area contributed by atoms with Crippen LogP contribution < -0.4 is 19.3 Å². The SMILES string of the molecule is COc1ccc(C2C(C(=O)OC(C)C(=O)N3CCN(c4ccc(F)cc4)CC3)CCC(=O)N2c2ccc(C)cc2)cc1OC. The molecule has 0 aromatic heterocycles. The van der Waals surface area contributed by atoms with Crippen molar-refractivity contribution in [2.45, 2.75) is 38.8 Å². The lowest BCUT2D eigenvalue weighted by Crippen LogP contribution is -2.52. The van der Waals surface area contributed by atoms with E-state index in [0.717, 1.165) is 11.3 Å². The van der Waals surface area contributed by atoms with Gasteiger partial charge < -0.3 is 28.9 Å². The molecule has 9 nitrogen and oxygen atoms in total. The molecule has 0 radical (unpaired) electrons. The van der Waals surface area contributed by atoms with E-state index in [1.54, 1.807) is 48.1 Å². The van der Waals surface area contributed by atoms with Gasteiger partial charge in [0.15, 0.2) is 17.6 Å². The van der Waals surface area contributed by atoms with E-state index in [-0.39, 0.29) is 30.5 Å². The van der Waals surface area contributed by atoms with Crippen molar-refractivity contribution in [1.29, 1.82) is 0 Å². The minimum absolute atomic E-state index is 0.110. The zero-order valence-corrected chi connectivity index (χ0v) is 25.5. The van der Waals surface area contributed by atoms with Gasteiger partial charge in [0.25, 0.3) is 5.91 Å². The van der Waals surface area contributed by atoms with Gasteiger partial charge in [-0.25, -0.2) is 4.39 Å². The number of esters is 1. The molecule has 2 amide bonds. The number of rotatable bonds is 8. The second-order valence-electron chi connectivity index (χ2n) is 11.2. The maximum absolute atomic E-state index is 13.8. The van der Waals surface area contributed by atoms with Gasteiger partial charge in [-0.2, -0.15) is 0 Å². The smallest absolute Gasteiger partial charge is 0.312 e. The molecule has 0 spiro atoms. The van der Waals surface area contributed by atoms with Gasteiger partial charge in [-0.1, -0.05) is 23.8 Å². The van der Waals surface area contributed by atoms with Gasteiger partial charge in [-0.15, -0.1) is 0 Å². The first-order valence-electron chi connectivity index (χ1n) is 14.8. The summed E-state index contributed by atoms with van der Waals surface area (Å²) in [7, 11) is 3.07. The summed E-state index contributed by atoms with van der Waals surface area (Å²) in [5.41, 5.74) is 3.29. The Morgan fingerprint density at radius 3 is 2.14 bits per heavy atom. The number of methoxy groups -OCH3 is 2. The van der Waals surface area contributed by atoms with Gasteiger partial charge >= 0.3 is 5.97 Å². The third-order valence-electron chi connectivity index (χ3n) is 8.39. The summed E-state index contributed by atoms with van der Waals surface area (Å²) in [6, 6.07) is 18.5. The monoisotopic (exact) mass is 603 g/mol. The van der Waals surface area contributed by atoms with Crippen molar-refractivity contribution in [1.82, 2.24) is 4.90 Å². The highest BCUT2D eigenvalue weighted by Crippen LogP contribution is 2.43. The lowest BCUT2D eigenvalue weighted by molar-refractivity contribution is -0.164. The number of hydrogen-bond donors (Lipinski definition) is 0. The second-order valence-corrected chi connectivity index (χ2v) is 11.2. The number of amides is 2. The summed E-state index contributed by atoms with van der Waals surface area (Å²) in [6.07, 6.45) is -0.571. The molecular weight excluding hydrogens is 565 g/mol. The molecule has 5 rings (SSSR count). The van der Waals surface area contributed by atoms with Crippen molar-refractivity contribution in [3.05, 3.63) is 83.7 Å². The summed E-state index contributed by atoms with van der Waals surface area (Å²) in [4.78, 5) is 46.1. The summed E-state index contributed by atoms with van der Waals surface area (Å²) in [5, 5.41) is 0. The van der Waals surface area contributed by atoms with E-state index in [4.69, 9.17) is 14.2 Å². The summed E-state index contributed by atoms with van der Waals surface area (Å²) >= 11 is 0. The quantitative estimate of drug-likeness (QED) is 0.338. The Morgan fingerprint density at radius 1 is 0.864 bits per heavy atom. The van der Waals surface area contributed by atoms with Crippen LogP contribution in [-0.2, 0) is 19.1 Å². The molecule has 10 heteroatoms. The first-order valence-corrected chi connectivity index (χ1v) is 14.8. The first kappa shape index (κ1) is 30.8. The highest BCUT2D eigenvalue weighted by atomic mass is 19.1. The molecule has 0 N–H and O–H groups in total. The molecule has 2 fully saturated rings. The van der Waals surface area contributed by atoms with Gasteiger partial charge in [-0.3, -0.25) is 14.4 Å². The van der Waals surface area contributed by atoms with E-state index in [2.05, 4.69) is 4.90 Å². The predicted octanol–water partition coefficient (Wildman–Crippen LogP) is 4.92. The number of anilines is 2. The van der Waals surface area contributed by atoms with Gasteiger partial charge in [-0.05, 0) is 74.4 Å². The lowest BCUT2D eigenvalue weighted by atomic mass is 9.83. The first-order chi connectivity index (χ1) is 21.2. The third kappa shape index (κ3) is 6.49. The van der Waals surface area contributed by atoms with Crippen LogP contribution in [0.25, 0.3) is 0 Å². The summed E-state index contributed by atoms with van der Waals surface area (Å²) in [5.74, 6) is -0.947. The van der Waals surface area contributed by atoms with Gasteiger partial charge in [0, 0.05) is 44.0 Å². The molecular formula is C34H38FN3O6. The molecule has 44 heavy (non-hydrogen) atoms. The van der Waals surface area contributed by atoms with E-state index >= 15 is 0 Å². The van der Waals surface area contributed by atoms with E-state index in [1.807, 2.05) is 37.3 Å². The molecule has 2 heterocycles. The molecule has 2 saturated heterocycles. The van der Waals surface area contributed by atoms with Gasteiger partial charge in [0.2, 0.25) is 5.91 Å². The van der Waals surface area contributed by atoms with Crippen LogP contribution in [-0.4, -0.2) is 69.2 Å². The van der Waals surface area contributed by atoms with Crippen molar-refractivity contribution in [3.8, 4) is 11.5 Å². The van der Waals surface area contributed by atoms with Crippen molar-refractivity contribution in [2.75, 3.05) is 50.2 Å². The Labute approximate surface area is 257 Å². The van der Waals surface area contributed by atoms with Crippen LogP contribution in [0.5, 0.6) is 11.5 Å². The largest absolute Gasteiger partial charge is 0.493 e. The number of halogens is 1. The number of benzene rings is 3. The van der Waals surface area contributed by atoms with E-state index < -0.39 is 24.0 Å². The second kappa shape index (κ2) is 13.4. The number of hydrogen-bond acceptors (Lipinski definition) is 7. The molecule has 0 aliphatic carbocycles. The minimum Gasteiger partial charge on any atom is -0.493 e. The number of carbonyl (C=O) groups is 3. The fraction of sp³-hybridized carbons (Fsp3) is 0.382. The van der Waals surface area contributed by atoms with Crippen LogP contribution >= 0.6 is 0 Å². The van der Waals surface area contributed by atoms with Crippen molar-refractivity contribution < 1.29 is 33.0 Å². The van der Waals surface area contributed by atoms with Gasteiger partial charge in [0.05, 0.1) is 26.2 Å². The number of nitrogens with zero attached hydrogens (tertiary/aromatic N) is 3. The predicted molar refractivity (Wildman–Crippen MR) is 164 cm³/mol. The van der Waals surface area contributed by atoms with Crippen molar-refractivity contribution in [2.24, 2.45) is 5.92 Å². The molecule has 232 valence electrons. The Balaban J connectivity index is 1.34. The number of ether oxygens (including phenoxy) is 3. The highest BCUT2D eigenvalue weighted by molar-refractivity contribution is 5.97. The number of piperidine rings is 1. The van der Waals surface area contributed by atoms with E-state index in [9.17, 15) is 18.8 Å². The minimum atomic E-state index is -1.00. The van der Waals surface area contributed by atoms with Crippen LogP contribution in [0.3, 0.4) is 0 Å². The summed E-state index contributed by atoms with van der Waals surface area (Å²) in [6.45, 7) is 5.61. The van der Waals surface area contributed by atoms with Crippen LogP contribution in [0, 0.1) is 18.7 Å². The molecule has 3 atom stereocenters. The molecule has 3 unspecified atom stereocenters. The zero-order valence-electron chi connectivity index (χ0n) is 25.5. The normalized spacial score (nSPS) is 19.4. The van der Waals surface area contributed by atoms with Crippen LogP contribution in [0.1, 0.15) is 36.9 Å². The highest BCUT2D eigenvalue weighted by Gasteiger charge is 2.43. The number of carbonyl (C=O) groups excluding carboxylic acids is 3. The zero-order chi connectivity index (χ0) is 31.4. The van der Waals surface area contributed by atoms with Crippen molar-refractivity contribution >= 4 is 29.2 Å². The Bertz CT molecular complexity index is 1490. The van der Waals surface area contributed by atoms with Crippen LogP contribution in [0.4, 0.5) is 15.8 Å². The lowest BCUT2D eigenvalue weighted by Gasteiger charge is -2.41. The van der Waals surface area contributed by atoms with Crippen molar-refractivity contribution in [3.63, 3.8) is 0 Å². The average Bonchev–Trinajstić information content (AvgIpc) is 3.04. The third-order valence-corrected chi connectivity index (χ3v) is 8.39. The fourth-order valence-corrected chi connectivity index (χ4v) is 5.97. The number of piperazine rings is 1.